The molecule has 1 unspecified atom stereocenters. The molecule has 0 saturated heterocycles. The second-order valence-electron chi connectivity index (χ2n) is 5.19. The van der Waals surface area contributed by atoms with Crippen LogP contribution < -0.4 is 0 Å². The molecule has 0 aliphatic heterocycles. The maximum Gasteiger partial charge on any atom is 0.180 e. The van der Waals surface area contributed by atoms with E-state index in [0.29, 0.717) is 33.0 Å². The number of hydrogen-bond acceptors (Lipinski definition) is 4. The summed E-state index contributed by atoms with van der Waals surface area (Å²) in [6.07, 6.45) is 4.83. The van der Waals surface area contributed by atoms with Crippen LogP contribution in [0.4, 0.5) is 0 Å². The number of rotatable bonds is 13. The van der Waals surface area contributed by atoms with Crippen molar-refractivity contribution in [3.05, 3.63) is 48.0 Å². The first kappa shape index (κ1) is 19.8. The van der Waals surface area contributed by atoms with E-state index in [9.17, 15) is 0 Å². The third-order valence-electron chi connectivity index (χ3n) is 3.18. The molecule has 4 nitrogen and oxygen atoms in total. The average Bonchev–Trinajstić information content (AvgIpc) is 2.57. The van der Waals surface area contributed by atoms with Gasteiger partial charge in [0, 0.05) is 13.2 Å². The molecule has 0 saturated carbocycles. The summed E-state index contributed by atoms with van der Waals surface area (Å²) in [5.74, 6) is 0. The Bertz CT molecular complexity index is 399. The van der Waals surface area contributed by atoms with Gasteiger partial charge >= 0.3 is 0 Å². The number of benzene rings is 1. The molecule has 1 aromatic carbocycles. The molecule has 23 heavy (non-hydrogen) atoms. The number of ether oxygens (including phenoxy) is 4. The minimum Gasteiger partial charge on any atom is -0.373 e. The van der Waals surface area contributed by atoms with E-state index in [0.717, 1.165) is 6.42 Å². The van der Waals surface area contributed by atoms with E-state index in [1.54, 1.807) is 0 Å². The molecule has 0 aliphatic rings. The summed E-state index contributed by atoms with van der Waals surface area (Å²) in [5, 5.41) is 0. The molecule has 0 aromatic heterocycles. The van der Waals surface area contributed by atoms with E-state index in [1.807, 2.05) is 45.0 Å². The van der Waals surface area contributed by atoms with Crippen molar-refractivity contribution in [3.63, 3.8) is 0 Å². The lowest BCUT2D eigenvalue weighted by Crippen LogP contribution is -2.25. The predicted octanol–water partition coefficient (Wildman–Crippen LogP) is 3.95. The van der Waals surface area contributed by atoms with E-state index in [4.69, 9.17) is 18.9 Å². The topological polar surface area (TPSA) is 36.9 Å². The monoisotopic (exact) mass is 322 g/mol. The highest BCUT2D eigenvalue weighted by Gasteiger charge is 2.10. The van der Waals surface area contributed by atoms with Crippen LogP contribution in [0.3, 0.4) is 0 Å². The van der Waals surface area contributed by atoms with Crippen molar-refractivity contribution in [2.75, 3.05) is 26.4 Å². The Labute approximate surface area is 140 Å². The zero-order valence-corrected chi connectivity index (χ0v) is 14.6. The molecule has 1 rings (SSSR count). The molecule has 0 amide bonds. The van der Waals surface area contributed by atoms with Crippen molar-refractivity contribution >= 4 is 0 Å². The molecular weight excluding hydrogens is 292 g/mol. The maximum atomic E-state index is 5.74. The normalized spacial score (nSPS) is 13.0. The minimum absolute atomic E-state index is 0.129. The first-order valence-electron chi connectivity index (χ1n) is 8.37. The van der Waals surface area contributed by atoms with Crippen molar-refractivity contribution in [2.45, 2.75) is 46.2 Å². The van der Waals surface area contributed by atoms with Crippen molar-refractivity contribution in [1.82, 2.24) is 0 Å². The molecule has 0 N–H and O–H groups in total. The van der Waals surface area contributed by atoms with Crippen LogP contribution in [0, 0.1) is 0 Å². The first-order valence-corrected chi connectivity index (χ1v) is 8.37. The van der Waals surface area contributed by atoms with Crippen molar-refractivity contribution in [2.24, 2.45) is 0 Å². The lowest BCUT2D eigenvalue weighted by atomic mass is 10.2. The molecule has 1 aromatic rings. The zero-order valence-electron chi connectivity index (χ0n) is 14.6. The van der Waals surface area contributed by atoms with E-state index < -0.39 is 0 Å². The Morgan fingerprint density at radius 1 is 0.957 bits per heavy atom. The first-order chi connectivity index (χ1) is 11.3. The molecule has 0 bridgehead atoms. The molecule has 0 spiro atoms. The lowest BCUT2D eigenvalue weighted by molar-refractivity contribution is -0.174. The van der Waals surface area contributed by atoms with Gasteiger partial charge in [-0.3, -0.25) is 0 Å². The van der Waals surface area contributed by atoms with Crippen LogP contribution in [0.25, 0.3) is 0 Å². The molecular formula is C19H30O4. The van der Waals surface area contributed by atoms with Crippen LogP contribution in [0.15, 0.2) is 42.5 Å². The molecule has 1 atom stereocenters. The van der Waals surface area contributed by atoms with Gasteiger partial charge in [-0.25, -0.2) is 0 Å². The largest absolute Gasteiger partial charge is 0.373 e. The minimum atomic E-state index is -0.273. The fourth-order valence-corrected chi connectivity index (χ4v) is 2.00. The second kappa shape index (κ2) is 13.3. The van der Waals surface area contributed by atoms with Gasteiger partial charge in [-0.05, 0) is 32.8 Å². The lowest BCUT2D eigenvalue weighted by Gasteiger charge is -2.19. The average molecular weight is 322 g/mol. The van der Waals surface area contributed by atoms with E-state index >= 15 is 0 Å². The highest BCUT2D eigenvalue weighted by Crippen LogP contribution is 2.04. The highest BCUT2D eigenvalue weighted by atomic mass is 16.7. The van der Waals surface area contributed by atoms with Gasteiger partial charge in [0.1, 0.15) is 0 Å². The van der Waals surface area contributed by atoms with Crippen LogP contribution in [-0.4, -0.2) is 38.8 Å². The van der Waals surface area contributed by atoms with Gasteiger partial charge in [0.15, 0.2) is 6.29 Å². The molecule has 0 heterocycles. The summed E-state index contributed by atoms with van der Waals surface area (Å²) in [6.45, 7) is 8.92. The smallest absolute Gasteiger partial charge is 0.180 e. The summed E-state index contributed by atoms with van der Waals surface area (Å²) in [5.41, 5.74) is 1.19. The highest BCUT2D eigenvalue weighted by molar-refractivity contribution is 5.13. The summed E-state index contributed by atoms with van der Waals surface area (Å²) in [6, 6.07) is 10.2. The van der Waals surface area contributed by atoms with Gasteiger partial charge in [0.05, 0.1) is 25.9 Å². The van der Waals surface area contributed by atoms with Crippen LogP contribution in [-0.2, 0) is 25.6 Å². The zero-order chi connectivity index (χ0) is 16.8. The van der Waals surface area contributed by atoms with Gasteiger partial charge < -0.3 is 18.9 Å². The molecule has 4 heteroatoms. The molecule has 0 fully saturated rings. The summed E-state index contributed by atoms with van der Waals surface area (Å²) < 4.78 is 22.2. The molecule has 130 valence electrons. The van der Waals surface area contributed by atoms with E-state index in [-0.39, 0.29) is 12.4 Å². The van der Waals surface area contributed by atoms with Crippen molar-refractivity contribution in [3.8, 4) is 0 Å². The van der Waals surface area contributed by atoms with Gasteiger partial charge in [-0.15, -0.1) is 0 Å². The molecule has 0 aliphatic carbocycles. The molecule has 0 radical (unpaired) electrons. The summed E-state index contributed by atoms with van der Waals surface area (Å²) in [7, 11) is 0. The SMILES string of the molecule is CCOC(COC(C)CC=CCOCc1ccccc1)OCC. The Morgan fingerprint density at radius 3 is 2.30 bits per heavy atom. The Hall–Kier alpha value is -1.20. The van der Waals surface area contributed by atoms with Crippen LogP contribution in [0.2, 0.25) is 0 Å². The van der Waals surface area contributed by atoms with Gasteiger partial charge in [-0.1, -0.05) is 42.5 Å². The summed E-state index contributed by atoms with van der Waals surface area (Å²) in [4.78, 5) is 0. The van der Waals surface area contributed by atoms with Crippen LogP contribution in [0.5, 0.6) is 0 Å². The van der Waals surface area contributed by atoms with Crippen molar-refractivity contribution < 1.29 is 18.9 Å². The standard InChI is InChI=1S/C19H30O4/c1-4-21-19(22-5-2)16-23-17(3)11-9-10-14-20-15-18-12-7-6-8-13-18/h6-10,12-13,17,19H,4-5,11,14-16H2,1-3H3. The quantitative estimate of drug-likeness (QED) is 0.313. The van der Waals surface area contributed by atoms with Crippen LogP contribution >= 0.6 is 0 Å². The predicted molar refractivity (Wildman–Crippen MR) is 92.3 cm³/mol. The summed E-state index contributed by atoms with van der Waals surface area (Å²) >= 11 is 0. The van der Waals surface area contributed by atoms with Gasteiger partial charge in [-0.2, -0.15) is 0 Å². The second-order valence-corrected chi connectivity index (χ2v) is 5.19. The van der Waals surface area contributed by atoms with Gasteiger partial charge in [0.25, 0.3) is 0 Å². The Balaban J connectivity index is 2.08. The van der Waals surface area contributed by atoms with E-state index in [1.165, 1.54) is 5.56 Å². The Morgan fingerprint density at radius 2 is 1.65 bits per heavy atom. The van der Waals surface area contributed by atoms with Crippen molar-refractivity contribution in [1.29, 1.82) is 0 Å². The fourth-order valence-electron chi connectivity index (χ4n) is 2.00. The Kier molecular flexibility index (Phi) is 11.4. The third-order valence-corrected chi connectivity index (χ3v) is 3.18. The third kappa shape index (κ3) is 10.2. The van der Waals surface area contributed by atoms with E-state index in [2.05, 4.69) is 18.2 Å². The number of hydrogen-bond donors (Lipinski definition) is 0. The van der Waals surface area contributed by atoms with Crippen LogP contribution in [0.1, 0.15) is 32.8 Å². The van der Waals surface area contributed by atoms with Gasteiger partial charge in [0.2, 0.25) is 0 Å². The maximum absolute atomic E-state index is 5.74. The fraction of sp³-hybridized carbons (Fsp3) is 0.579.